The van der Waals surface area contributed by atoms with E-state index in [2.05, 4.69) is 241 Å². The number of imidazole rings is 1. The van der Waals surface area contributed by atoms with Gasteiger partial charge in [0.1, 0.15) is 5.82 Å². The third kappa shape index (κ3) is 8.66. The molecule has 1 aromatic heterocycles. The number of hydrogen-bond donors (Lipinski definition) is 0. The summed E-state index contributed by atoms with van der Waals surface area (Å²) in [6.45, 7) is 18.5. The molecule has 0 saturated carbocycles. The second kappa shape index (κ2) is 18.6. The fourth-order valence-corrected chi connectivity index (χ4v) is 9.62. The maximum Gasteiger partial charge on any atom is 0.144 e. The lowest BCUT2D eigenvalue weighted by Gasteiger charge is -2.28. The van der Waals surface area contributed by atoms with E-state index >= 15 is 0 Å². The van der Waals surface area contributed by atoms with E-state index in [1.807, 2.05) is 12.4 Å². The Balaban J connectivity index is 1.13. The summed E-state index contributed by atoms with van der Waals surface area (Å²) in [7, 11) is 0. The molecule has 1 aliphatic heterocycles. The summed E-state index contributed by atoms with van der Waals surface area (Å²) in [5, 5.41) is 0. The molecule has 4 nitrogen and oxygen atoms in total. The minimum atomic E-state index is 0.0328. The monoisotopic (exact) mass is 848 g/mol. The molecule has 9 rings (SSSR count). The van der Waals surface area contributed by atoms with Crippen molar-refractivity contribution in [3.8, 4) is 39.3 Å². The summed E-state index contributed by atoms with van der Waals surface area (Å²) >= 11 is 0. The van der Waals surface area contributed by atoms with Crippen molar-refractivity contribution in [2.75, 3.05) is 4.90 Å². The van der Waals surface area contributed by atoms with Gasteiger partial charge in [0.2, 0.25) is 0 Å². The Morgan fingerprint density at radius 2 is 0.892 bits per heavy atom. The summed E-state index contributed by atoms with van der Waals surface area (Å²) < 4.78 is 2.32. The maximum absolute atomic E-state index is 5.15. The van der Waals surface area contributed by atoms with E-state index in [4.69, 9.17) is 9.98 Å². The first-order valence-electron chi connectivity index (χ1n) is 23.4. The van der Waals surface area contributed by atoms with Crippen molar-refractivity contribution in [3.63, 3.8) is 0 Å². The van der Waals surface area contributed by atoms with Crippen LogP contribution >= 0.6 is 0 Å². The Morgan fingerprint density at radius 3 is 1.42 bits per heavy atom. The van der Waals surface area contributed by atoms with Crippen LogP contribution in [-0.2, 0) is 0 Å². The number of aliphatic imine (C=N–C) groups is 1. The lowest BCUT2D eigenvalue weighted by molar-refractivity contribution is 0.802. The van der Waals surface area contributed by atoms with Gasteiger partial charge in [-0.2, -0.15) is 0 Å². The quantitative estimate of drug-likeness (QED) is 0.116. The van der Waals surface area contributed by atoms with Gasteiger partial charge < -0.3 is 4.90 Å². The van der Waals surface area contributed by atoms with Crippen molar-refractivity contribution in [2.45, 2.75) is 85.0 Å². The minimum Gasteiger partial charge on any atom is -0.310 e. The van der Waals surface area contributed by atoms with Crippen LogP contribution in [0.15, 0.2) is 193 Å². The van der Waals surface area contributed by atoms with E-state index in [1.165, 1.54) is 55.8 Å². The molecule has 0 spiro atoms. The topological polar surface area (TPSA) is 33.4 Å². The Hall–Kier alpha value is -7.04. The summed E-state index contributed by atoms with van der Waals surface area (Å²) in [6, 6.07) is 59.6. The van der Waals surface area contributed by atoms with Crippen molar-refractivity contribution < 1.29 is 0 Å². The number of allylic oxidation sites excluding steroid dienone is 1. The molecule has 0 aliphatic carbocycles. The van der Waals surface area contributed by atoms with Gasteiger partial charge in [-0.15, -0.1) is 0 Å². The smallest absolute Gasteiger partial charge is 0.144 e. The number of nitrogens with zero attached hydrogens (tertiary/aromatic N) is 4. The second-order valence-electron chi connectivity index (χ2n) is 18.6. The van der Waals surface area contributed by atoms with Crippen molar-refractivity contribution in [1.29, 1.82) is 0 Å². The molecule has 0 saturated heterocycles. The largest absolute Gasteiger partial charge is 0.310 e. The lowest BCUT2D eigenvalue weighted by Crippen LogP contribution is -2.16. The van der Waals surface area contributed by atoms with E-state index in [0.29, 0.717) is 23.7 Å². The molecule has 324 valence electrons. The molecular weight excluding hydrogens is 789 g/mol. The van der Waals surface area contributed by atoms with E-state index in [9.17, 15) is 0 Å². The third-order valence-electron chi connectivity index (χ3n) is 12.9. The zero-order valence-electron chi connectivity index (χ0n) is 39.1. The normalized spacial score (nSPS) is 13.7. The van der Waals surface area contributed by atoms with Gasteiger partial charge in [0.15, 0.2) is 0 Å². The summed E-state index contributed by atoms with van der Waals surface area (Å²) in [5.41, 5.74) is 19.4. The molecular formula is C61H60N4. The Labute approximate surface area is 386 Å². The van der Waals surface area contributed by atoms with Crippen LogP contribution in [0.4, 0.5) is 17.1 Å². The van der Waals surface area contributed by atoms with Crippen LogP contribution in [0.3, 0.4) is 0 Å². The zero-order chi connectivity index (χ0) is 45.2. The molecule has 4 heteroatoms. The van der Waals surface area contributed by atoms with Crippen LogP contribution in [0.5, 0.6) is 0 Å². The average Bonchev–Trinajstić information content (AvgIpc) is 4.03. The second-order valence-corrected chi connectivity index (χ2v) is 18.6. The van der Waals surface area contributed by atoms with E-state index in [-0.39, 0.29) is 5.92 Å². The first kappa shape index (κ1) is 43.2. The van der Waals surface area contributed by atoms with Gasteiger partial charge in [-0.1, -0.05) is 177 Å². The van der Waals surface area contributed by atoms with Gasteiger partial charge in [-0.3, -0.25) is 9.56 Å². The SMILES string of the molecule is CC(C)c1cc(-c2ccccc2)cc(C(C)C)c1C1C=CN=C1c1cccc(N(c2ccccc2)c2cccc(-c3nccn3-c3c(C(C)C)cc(-c4ccccc4)cc3C(C)C)c2)c1. The van der Waals surface area contributed by atoms with Gasteiger partial charge in [-0.25, -0.2) is 4.98 Å². The Bertz CT molecular complexity index is 2930. The highest BCUT2D eigenvalue weighted by molar-refractivity contribution is 6.09. The van der Waals surface area contributed by atoms with Gasteiger partial charge in [0.05, 0.1) is 11.4 Å². The minimum absolute atomic E-state index is 0.0328. The van der Waals surface area contributed by atoms with Crippen molar-refractivity contribution >= 4 is 22.8 Å². The van der Waals surface area contributed by atoms with Crippen LogP contribution < -0.4 is 4.90 Å². The summed E-state index contributed by atoms with van der Waals surface area (Å²) in [5.74, 6) is 2.23. The van der Waals surface area contributed by atoms with Crippen LogP contribution in [-0.4, -0.2) is 15.3 Å². The number of rotatable bonds is 13. The van der Waals surface area contributed by atoms with E-state index < -0.39 is 0 Å². The molecule has 0 fully saturated rings. The Morgan fingerprint density at radius 1 is 0.446 bits per heavy atom. The molecule has 0 amide bonds. The zero-order valence-corrected chi connectivity index (χ0v) is 39.1. The molecule has 0 bridgehead atoms. The maximum atomic E-state index is 5.15. The highest BCUT2D eigenvalue weighted by Gasteiger charge is 2.29. The third-order valence-corrected chi connectivity index (χ3v) is 12.9. The standard InChI is InChI=1S/C61H60N4/c1-40(2)54-36-48(44-20-12-9-13-21-44)37-55(41(3)4)58(54)53-30-31-62-59(53)46-24-18-28-51(34-46)65(50-26-16-11-17-27-50)52-29-19-25-47(35-52)61-63-32-33-64(61)60-56(42(5)6)38-49(39-57(60)43(7)8)45-22-14-10-15-23-45/h9-43,53H,1-8H3. The number of aromatic nitrogens is 2. The van der Waals surface area contributed by atoms with E-state index in [1.54, 1.807) is 0 Å². The van der Waals surface area contributed by atoms with Crippen LogP contribution in [0, 0.1) is 0 Å². The summed E-state index contributed by atoms with van der Waals surface area (Å²) in [4.78, 5) is 12.6. The highest BCUT2D eigenvalue weighted by Crippen LogP contribution is 2.44. The predicted molar refractivity (Wildman–Crippen MR) is 276 cm³/mol. The lowest BCUT2D eigenvalue weighted by atomic mass is 9.77. The molecule has 0 N–H and O–H groups in total. The van der Waals surface area contributed by atoms with Crippen molar-refractivity contribution in [1.82, 2.24) is 9.55 Å². The first-order chi connectivity index (χ1) is 31.6. The van der Waals surface area contributed by atoms with Crippen LogP contribution in [0.2, 0.25) is 0 Å². The van der Waals surface area contributed by atoms with Gasteiger partial charge >= 0.3 is 0 Å². The molecule has 8 aromatic rings. The fraction of sp³-hybridized carbons (Fsp3) is 0.213. The van der Waals surface area contributed by atoms with Crippen LogP contribution in [0.25, 0.3) is 39.3 Å². The number of anilines is 3. The van der Waals surface area contributed by atoms with Gasteiger partial charge in [0.25, 0.3) is 0 Å². The molecule has 1 aliphatic rings. The molecule has 1 unspecified atom stereocenters. The Kier molecular flexibility index (Phi) is 12.4. The molecule has 1 atom stereocenters. The number of benzene rings is 7. The predicted octanol–water partition coefficient (Wildman–Crippen LogP) is 16.9. The van der Waals surface area contributed by atoms with Crippen molar-refractivity contribution in [2.24, 2.45) is 4.99 Å². The average molecular weight is 849 g/mol. The molecule has 2 heterocycles. The van der Waals surface area contributed by atoms with Gasteiger partial charge in [-0.05, 0) is 128 Å². The molecule has 7 aromatic carbocycles. The fourth-order valence-electron chi connectivity index (χ4n) is 9.62. The molecule has 65 heavy (non-hydrogen) atoms. The van der Waals surface area contributed by atoms with Crippen LogP contribution in [0.1, 0.15) is 118 Å². The highest BCUT2D eigenvalue weighted by atomic mass is 15.1. The first-order valence-corrected chi connectivity index (χ1v) is 23.4. The van der Waals surface area contributed by atoms with E-state index in [0.717, 1.165) is 39.7 Å². The van der Waals surface area contributed by atoms with Gasteiger partial charge in [0, 0.05) is 47.1 Å². The summed E-state index contributed by atoms with van der Waals surface area (Å²) in [6.07, 6.45) is 8.38. The number of hydrogen-bond acceptors (Lipinski definition) is 3. The molecule has 0 radical (unpaired) electrons. The number of para-hydroxylation sites is 1. The van der Waals surface area contributed by atoms with Crippen molar-refractivity contribution in [3.05, 3.63) is 222 Å².